The summed E-state index contributed by atoms with van der Waals surface area (Å²) >= 11 is 0. The van der Waals surface area contributed by atoms with E-state index >= 15 is 0 Å². The van der Waals surface area contributed by atoms with Gasteiger partial charge in [0, 0.05) is 22.9 Å². The van der Waals surface area contributed by atoms with E-state index in [1.165, 1.54) is 16.7 Å². The van der Waals surface area contributed by atoms with Crippen LogP contribution in [0.5, 0.6) is 0 Å². The van der Waals surface area contributed by atoms with Gasteiger partial charge in [-0.25, -0.2) is 0 Å². The number of benzene rings is 3. The summed E-state index contributed by atoms with van der Waals surface area (Å²) in [5.41, 5.74) is 13.2. The van der Waals surface area contributed by atoms with Gasteiger partial charge in [0.15, 0.2) is 0 Å². The number of aryl methyl sites for hydroxylation is 3. The molecule has 0 spiro atoms. The smallest absolute Gasteiger partial charge is 0.249 e. The molecule has 0 saturated carbocycles. The van der Waals surface area contributed by atoms with Crippen molar-refractivity contribution in [2.45, 2.75) is 27.3 Å². The molecular formula is C23H21N2O. The highest BCUT2D eigenvalue weighted by Crippen LogP contribution is 2.33. The minimum atomic E-state index is -0.407. The summed E-state index contributed by atoms with van der Waals surface area (Å²) < 4.78 is 2.26. The minimum Gasteiger partial charge on any atom is -0.366 e. The molecule has 1 amide bonds. The fourth-order valence-electron chi connectivity index (χ4n) is 3.73. The summed E-state index contributed by atoms with van der Waals surface area (Å²) in [5, 5.41) is 1.84. The number of aromatic nitrogens is 1. The Morgan fingerprint density at radius 3 is 2.58 bits per heavy atom. The number of carbonyl (C=O) groups excluding carboxylic acids is 1. The average molecular weight is 341 g/mol. The molecule has 2 N–H and O–H groups in total. The highest BCUT2D eigenvalue weighted by molar-refractivity contribution is 6.17. The molecule has 1 heterocycles. The van der Waals surface area contributed by atoms with Crippen LogP contribution in [-0.2, 0) is 6.54 Å². The number of fused-ring (bicyclic) bond motifs is 3. The second-order valence-electron chi connectivity index (χ2n) is 7.02. The number of nitrogens with two attached hydrogens (primary N) is 1. The molecule has 1 aromatic heterocycles. The molecule has 4 rings (SSSR count). The van der Waals surface area contributed by atoms with Gasteiger partial charge < -0.3 is 10.3 Å². The van der Waals surface area contributed by atoms with E-state index in [4.69, 9.17) is 5.73 Å². The molecule has 0 bridgehead atoms. The predicted octanol–water partition coefficient (Wildman–Crippen LogP) is 4.67. The molecule has 26 heavy (non-hydrogen) atoms. The van der Waals surface area contributed by atoms with E-state index in [-0.39, 0.29) is 0 Å². The number of carbonyl (C=O) groups is 1. The molecular weight excluding hydrogens is 320 g/mol. The van der Waals surface area contributed by atoms with Crippen LogP contribution in [-0.4, -0.2) is 10.5 Å². The molecule has 0 aliphatic carbocycles. The lowest BCUT2D eigenvalue weighted by Crippen LogP contribution is -2.11. The number of hydrogen-bond donors (Lipinski definition) is 1. The van der Waals surface area contributed by atoms with Crippen LogP contribution in [0.3, 0.4) is 0 Å². The van der Waals surface area contributed by atoms with Crippen molar-refractivity contribution in [2.24, 2.45) is 5.73 Å². The van der Waals surface area contributed by atoms with Gasteiger partial charge >= 0.3 is 0 Å². The number of nitrogens with zero attached hydrogens (tertiary/aromatic N) is 1. The third-order valence-corrected chi connectivity index (χ3v) is 5.03. The van der Waals surface area contributed by atoms with E-state index in [9.17, 15) is 4.79 Å². The monoisotopic (exact) mass is 341 g/mol. The zero-order valence-corrected chi connectivity index (χ0v) is 15.3. The third kappa shape index (κ3) is 2.57. The van der Waals surface area contributed by atoms with Crippen LogP contribution in [0.1, 0.15) is 32.6 Å². The minimum absolute atomic E-state index is 0.407. The van der Waals surface area contributed by atoms with Crippen LogP contribution >= 0.6 is 0 Å². The summed E-state index contributed by atoms with van der Waals surface area (Å²) in [7, 11) is 0. The second kappa shape index (κ2) is 6.03. The number of primary amides is 1. The maximum Gasteiger partial charge on any atom is 0.249 e. The Morgan fingerprint density at radius 1 is 1.04 bits per heavy atom. The van der Waals surface area contributed by atoms with Gasteiger partial charge in [-0.05, 0) is 61.7 Å². The average Bonchev–Trinajstić information content (AvgIpc) is 2.90. The first-order chi connectivity index (χ1) is 12.5. The van der Waals surface area contributed by atoms with Crippen molar-refractivity contribution in [3.05, 3.63) is 82.4 Å². The lowest BCUT2D eigenvalue weighted by molar-refractivity contribution is 0.100. The Balaban J connectivity index is 2.05. The molecule has 0 fully saturated rings. The number of rotatable bonds is 3. The molecule has 0 aliphatic heterocycles. The summed E-state index contributed by atoms with van der Waals surface area (Å²) in [6.45, 7) is 7.05. The lowest BCUT2D eigenvalue weighted by atomic mass is 10.1. The summed E-state index contributed by atoms with van der Waals surface area (Å²) in [4.78, 5) is 12.0. The van der Waals surface area contributed by atoms with Gasteiger partial charge in [-0.15, -0.1) is 0 Å². The maximum absolute atomic E-state index is 12.0. The van der Waals surface area contributed by atoms with E-state index in [1.807, 2.05) is 12.1 Å². The SMILES string of the molecule is Cc1ccc(Cn2c3cc(C)c[c]c3c3c(C(N)=O)cccc32)c(C)c1. The maximum atomic E-state index is 12.0. The Morgan fingerprint density at radius 2 is 1.85 bits per heavy atom. The van der Waals surface area contributed by atoms with Crippen LogP contribution in [0.15, 0.2) is 48.5 Å². The molecule has 3 heteroatoms. The van der Waals surface area contributed by atoms with Crippen LogP contribution in [0, 0.1) is 26.8 Å². The van der Waals surface area contributed by atoms with Gasteiger partial charge in [0.2, 0.25) is 5.91 Å². The molecule has 0 aliphatic rings. The molecule has 0 saturated heterocycles. The van der Waals surface area contributed by atoms with Gasteiger partial charge in [0.25, 0.3) is 0 Å². The van der Waals surface area contributed by atoms with E-state index in [0.29, 0.717) is 5.56 Å². The van der Waals surface area contributed by atoms with Crippen molar-refractivity contribution in [1.29, 1.82) is 0 Å². The first kappa shape index (κ1) is 16.4. The van der Waals surface area contributed by atoms with Crippen LogP contribution < -0.4 is 5.73 Å². The van der Waals surface area contributed by atoms with E-state index in [1.54, 1.807) is 6.07 Å². The molecule has 3 aromatic carbocycles. The molecule has 0 atom stereocenters. The topological polar surface area (TPSA) is 48.0 Å². The highest BCUT2D eigenvalue weighted by Gasteiger charge is 2.17. The quantitative estimate of drug-likeness (QED) is 0.578. The Kier molecular flexibility index (Phi) is 3.80. The number of amides is 1. The molecule has 4 aromatic rings. The van der Waals surface area contributed by atoms with E-state index in [2.05, 4.69) is 61.7 Å². The Bertz CT molecular complexity index is 1170. The Hall–Kier alpha value is -3.07. The molecule has 129 valence electrons. The van der Waals surface area contributed by atoms with Gasteiger partial charge in [-0.3, -0.25) is 4.79 Å². The second-order valence-corrected chi connectivity index (χ2v) is 7.02. The fraction of sp³-hybridized carbons (Fsp3) is 0.174. The van der Waals surface area contributed by atoms with Crippen molar-refractivity contribution >= 4 is 27.7 Å². The Labute approximate surface area is 153 Å². The fourth-order valence-corrected chi connectivity index (χ4v) is 3.73. The van der Waals surface area contributed by atoms with Crippen LogP contribution in [0.4, 0.5) is 0 Å². The first-order valence-corrected chi connectivity index (χ1v) is 8.75. The summed E-state index contributed by atoms with van der Waals surface area (Å²) in [6, 6.07) is 19.7. The zero-order valence-electron chi connectivity index (χ0n) is 15.3. The van der Waals surface area contributed by atoms with E-state index < -0.39 is 5.91 Å². The van der Waals surface area contributed by atoms with Gasteiger partial charge in [0.1, 0.15) is 0 Å². The zero-order chi connectivity index (χ0) is 18.4. The molecule has 0 unspecified atom stereocenters. The van der Waals surface area contributed by atoms with Gasteiger partial charge in [-0.2, -0.15) is 0 Å². The number of hydrogen-bond acceptors (Lipinski definition) is 1. The highest BCUT2D eigenvalue weighted by atomic mass is 16.1. The van der Waals surface area contributed by atoms with Crippen molar-refractivity contribution in [3.63, 3.8) is 0 Å². The third-order valence-electron chi connectivity index (χ3n) is 5.03. The lowest BCUT2D eigenvalue weighted by Gasteiger charge is -2.11. The largest absolute Gasteiger partial charge is 0.366 e. The summed E-state index contributed by atoms with van der Waals surface area (Å²) in [5.74, 6) is -0.407. The standard InChI is InChI=1S/C23H21N2O/c1-14-7-9-17(16(3)11-14)13-25-20-6-4-5-19(23(24)26)22(20)18-10-8-15(2)12-21(18)25/h4-9,11-12H,13H2,1-3H3,(H2,24,26). The van der Waals surface area contributed by atoms with Crippen molar-refractivity contribution in [1.82, 2.24) is 4.57 Å². The van der Waals surface area contributed by atoms with Gasteiger partial charge in [0.05, 0.1) is 11.0 Å². The van der Waals surface area contributed by atoms with Crippen LogP contribution in [0.2, 0.25) is 0 Å². The van der Waals surface area contributed by atoms with Gasteiger partial charge in [-0.1, -0.05) is 35.9 Å². The normalized spacial score (nSPS) is 11.3. The predicted molar refractivity (Wildman–Crippen MR) is 107 cm³/mol. The molecule has 3 nitrogen and oxygen atoms in total. The first-order valence-electron chi connectivity index (χ1n) is 8.75. The van der Waals surface area contributed by atoms with E-state index in [0.717, 1.165) is 33.9 Å². The van der Waals surface area contributed by atoms with Crippen LogP contribution in [0.25, 0.3) is 21.8 Å². The van der Waals surface area contributed by atoms with Crippen molar-refractivity contribution < 1.29 is 4.79 Å². The molecule has 1 radical (unpaired) electrons. The van der Waals surface area contributed by atoms with Crippen molar-refractivity contribution in [3.8, 4) is 0 Å². The van der Waals surface area contributed by atoms with Crippen molar-refractivity contribution in [2.75, 3.05) is 0 Å². The summed E-state index contributed by atoms with van der Waals surface area (Å²) in [6.07, 6.45) is 0.